The Kier molecular flexibility index (Phi) is 14.4. The maximum Gasteiger partial charge on any atom is 0.413 e. The van der Waals surface area contributed by atoms with E-state index in [0.29, 0.717) is 41.4 Å². The number of hydrogen-bond donors (Lipinski definition) is 2. The van der Waals surface area contributed by atoms with Crippen molar-refractivity contribution < 1.29 is 66.8 Å². The van der Waals surface area contributed by atoms with Crippen molar-refractivity contribution in [2.45, 2.75) is 64.8 Å². The lowest BCUT2D eigenvalue weighted by molar-refractivity contribution is -0.663. The van der Waals surface area contributed by atoms with Crippen molar-refractivity contribution in [2.24, 2.45) is 11.1 Å². The lowest BCUT2D eigenvalue weighted by Crippen LogP contribution is -3.00. The number of carbonyl (C=O) groups excluding carboxylic acids is 4. The van der Waals surface area contributed by atoms with E-state index < -0.39 is 29.0 Å². The molecular weight excluding hydrogens is 954 g/mol. The fraction of sp³-hybridized carbons (Fsp3) is 0.333. The number of aromatic nitrogens is 3. The summed E-state index contributed by atoms with van der Waals surface area (Å²) < 4.78 is 20.5. The topological polar surface area (TPSA) is 178 Å². The highest BCUT2D eigenvalue weighted by Crippen LogP contribution is 2.46. The van der Waals surface area contributed by atoms with E-state index in [0.717, 1.165) is 26.5 Å². The number of halogens is 1. The van der Waals surface area contributed by atoms with Crippen molar-refractivity contribution in [3.8, 4) is 5.75 Å². The fourth-order valence-electron chi connectivity index (χ4n) is 6.90. The Morgan fingerprint density at radius 1 is 1.08 bits per heavy atom. The number of nitrogens with one attached hydrogen (secondary N) is 2. The van der Waals surface area contributed by atoms with Gasteiger partial charge in [-0.05, 0) is 57.5 Å². The van der Waals surface area contributed by atoms with Crippen LogP contribution in [-0.2, 0) is 48.4 Å². The number of nitrogens with zero attached hydrogens (tertiary/aromatic N) is 5. The number of amides is 2. The van der Waals surface area contributed by atoms with Gasteiger partial charge in [0, 0.05) is 57.3 Å². The van der Waals surface area contributed by atoms with Crippen molar-refractivity contribution in [3.05, 3.63) is 110 Å². The quantitative estimate of drug-likeness (QED) is 0.0320. The number of β-lactam (4-membered cyclic amide) rings is 1. The van der Waals surface area contributed by atoms with Crippen LogP contribution in [0.4, 0.5) is 4.79 Å². The van der Waals surface area contributed by atoms with Gasteiger partial charge in [-0.1, -0.05) is 17.3 Å². The molecular formula is C42H44IN7O8S3. The summed E-state index contributed by atoms with van der Waals surface area (Å²) in [5.74, 6) is -0.993. The lowest BCUT2D eigenvalue weighted by atomic mass is 9.89. The van der Waals surface area contributed by atoms with Gasteiger partial charge in [-0.15, -0.1) is 34.4 Å². The first-order chi connectivity index (χ1) is 28.7. The zero-order valence-electron chi connectivity index (χ0n) is 34.2. The highest BCUT2D eigenvalue weighted by molar-refractivity contribution is 8.00. The fourth-order valence-corrected chi connectivity index (χ4v) is 9.78. The maximum absolute atomic E-state index is 14.1. The molecule has 2 N–H and O–H groups in total. The third kappa shape index (κ3) is 10.3. The highest BCUT2D eigenvalue weighted by atomic mass is 127. The van der Waals surface area contributed by atoms with Gasteiger partial charge < -0.3 is 47.6 Å². The van der Waals surface area contributed by atoms with Crippen molar-refractivity contribution in [2.75, 3.05) is 20.0 Å². The third-order valence-corrected chi connectivity index (χ3v) is 12.8. The molecule has 6 heterocycles. The zero-order valence-corrected chi connectivity index (χ0v) is 38.8. The molecule has 4 aromatic heterocycles. The van der Waals surface area contributed by atoms with Gasteiger partial charge in [-0.3, -0.25) is 25.2 Å². The van der Waals surface area contributed by atoms with Gasteiger partial charge in [-0.25, -0.2) is 14.6 Å². The first-order valence-electron chi connectivity index (χ1n) is 18.9. The van der Waals surface area contributed by atoms with Crippen LogP contribution in [0.25, 0.3) is 11.0 Å². The second-order valence-corrected chi connectivity index (χ2v) is 18.2. The average Bonchev–Trinajstić information content (AvgIpc) is 3.98. The van der Waals surface area contributed by atoms with Gasteiger partial charge in [0.25, 0.3) is 0 Å². The van der Waals surface area contributed by atoms with E-state index in [1.54, 1.807) is 45.4 Å². The smallest absolute Gasteiger partial charge is 0.413 e. The van der Waals surface area contributed by atoms with Crippen LogP contribution in [0.2, 0.25) is 0 Å². The SMILES string of the molecule is CO/N=C(\C(=O)C[C@@H]1C(=O)N2C(C(=O)OCc3ccc(OC)cc3)=C(C[n+]3cccc4c3ccn4Cc3cc(C(=N)NC(=O)OC(C)(C)C)cs3)CS[C@H]12)c1csc(C)n1.[I-]. The van der Waals surface area contributed by atoms with Crippen LogP contribution >= 0.6 is 34.4 Å². The predicted octanol–water partition coefficient (Wildman–Crippen LogP) is 3.20. The number of thioether (sulfide) groups is 1. The maximum atomic E-state index is 14.1. The van der Waals surface area contributed by atoms with Crippen molar-refractivity contribution >= 4 is 80.8 Å². The molecule has 1 aromatic carbocycles. The molecule has 0 spiro atoms. The summed E-state index contributed by atoms with van der Waals surface area (Å²) in [7, 11) is 2.93. The van der Waals surface area contributed by atoms with Crippen LogP contribution in [0.1, 0.15) is 53.9 Å². The minimum atomic E-state index is -0.686. The van der Waals surface area contributed by atoms with Crippen molar-refractivity contribution in [1.82, 2.24) is 19.8 Å². The first-order valence-corrected chi connectivity index (χ1v) is 21.7. The van der Waals surface area contributed by atoms with Crippen LogP contribution in [-0.4, -0.2) is 80.7 Å². The Labute approximate surface area is 381 Å². The molecule has 0 unspecified atom stereocenters. The molecule has 1 fully saturated rings. The Bertz CT molecular complexity index is 2540. The van der Waals surface area contributed by atoms with E-state index in [2.05, 4.69) is 20.0 Å². The summed E-state index contributed by atoms with van der Waals surface area (Å²) in [4.78, 5) is 65.8. The Morgan fingerprint density at radius 3 is 2.54 bits per heavy atom. The minimum Gasteiger partial charge on any atom is -1.00 e. The number of rotatable bonds is 14. The summed E-state index contributed by atoms with van der Waals surface area (Å²) in [5.41, 5.74) is 3.81. The van der Waals surface area contributed by atoms with Gasteiger partial charge in [0.05, 0.1) is 30.0 Å². The number of pyridine rings is 1. The number of thiazole rings is 1. The highest BCUT2D eigenvalue weighted by Gasteiger charge is 2.55. The van der Waals surface area contributed by atoms with Gasteiger partial charge >= 0.3 is 12.1 Å². The van der Waals surface area contributed by atoms with Crippen molar-refractivity contribution in [1.29, 1.82) is 5.41 Å². The second kappa shape index (κ2) is 19.3. The molecule has 2 aliphatic rings. The van der Waals surface area contributed by atoms with Gasteiger partial charge in [0.2, 0.25) is 11.4 Å². The number of methoxy groups -OCH3 is 1. The van der Waals surface area contributed by atoms with E-state index in [-0.39, 0.29) is 65.9 Å². The first kappa shape index (κ1) is 45.4. The van der Waals surface area contributed by atoms with E-state index >= 15 is 0 Å². The van der Waals surface area contributed by atoms with E-state index in [1.165, 1.54) is 46.4 Å². The van der Waals surface area contributed by atoms with E-state index in [9.17, 15) is 19.2 Å². The number of ether oxygens (including phenoxy) is 3. The third-order valence-electron chi connectivity index (χ3n) is 9.66. The monoisotopic (exact) mass is 997 g/mol. The molecule has 320 valence electrons. The number of benzene rings is 1. The summed E-state index contributed by atoms with van der Waals surface area (Å²) in [6.45, 7) is 7.91. The van der Waals surface area contributed by atoms with Crippen molar-refractivity contribution in [3.63, 3.8) is 0 Å². The molecule has 7 rings (SSSR count). The van der Waals surface area contributed by atoms with Crippen LogP contribution in [0.15, 0.2) is 88.1 Å². The molecule has 0 saturated carbocycles. The number of amidine groups is 1. The number of fused-ring (bicyclic) bond motifs is 2. The van der Waals surface area contributed by atoms with E-state index in [4.69, 9.17) is 24.5 Å². The summed E-state index contributed by atoms with van der Waals surface area (Å²) in [6.07, 6.45) is 3.10. The number of carbonyl (C=O) groups is 4. The summed E-state index contributed by atoms with van der Waals surface area (Å²) in [5, 5.41) is 18.7. The average molecular weight is 998 g/mol. The number of alkyl carbamates (subject to hydrolysis) is 1. The Morgan fingerprint density at radius 2 is 1.85 bits per heavy atom. The lowest BCUT2D eigenvalue weighted by Gasteiger charge is -2.49. The molecule has 19 heteroatoms. The number of thiophene rings is 1. The summed E-state index contributed by atoms with van der Waals surface area (Å²) >= 11 is 4.36. The minimum absolute atomic E-state index is 0. The molecule has 2 aliphatic heterocycles. The van der Waals surface area contributed by atoms with E-state index in [1.807, 2.05) is 65.7 Å². The van der Waals surface area contributed by atoms with Gasteiger partial charge in [-0.2, -0.15) is 4.57 Å². The number of oxime groups is 1. The molecule has 15 nitrogen and oxygen atoms in total. The van der Waals surface area contributed by atoms with Crippen LogP contribution in [0.5, 0.6) is 5.75 Å². The molecule has 61 heavy (non-hydrogen) atoms. The molecule has 5 aromatic rings. The number of Topliss-reactive ketones (excluding diaryl/α,β-unsaturated/α-hetero) is 1. The molecule has 0 bridgehead atoms. The standard InChI is InChI=1S/C42H43N7O8S3.HI/c1-24-44-31(23-58-24)35(46-55-6)34(50)17-30-38(51)49-36(40(52)56-20-25-9-11-28(54-5)12-10-25)27(22-60-39(30)49)18-47-14-7-8-32-33(47)13-15-48(32)19-29-16-26(21-59-29)37(43)45-41(53)57-42(2,3)4;/h7-16,21,23,30,39H,17-20,22H2,1-6H3,(H-,43,45,53);1H/b46-35-;/t30-,39-;/m1./s1. The van der Waals surface area contributed by atoms with Crippen LogP contribution in [0.3, 0.4) is 0 Å². The normalized spacial score (nSPS) is 16.3. The number of ketones is 1. The molecule has 2 atom stereocenters. The zero-order chi connectivity index (χ0) is 42.7. The number of esters is 1. The van der Waals surface area contributed by atoms with Crippen LogP contribution < -0.4 is 38.6 Å². The Balaban J connectivity index is 0.00000622. The second-order valence-electron chi connectivity index (χ2n) is 15.0. The number of hydrogen-bond acceptors (Lipinski definition) is 14. The molecule has 0 aliphatic carbocycles. The van der Waals surface area contributed by atoms with Gasteiger partial charge in [0.1, 0.15) is 47.8 Å². The number of aryl methyl sites for hydroxylation is 1. The molecule has 0 radical (unpaired) electrons. The van der Waals surface area contributed by atoms with Crippen LogP contribution in [0, 0.1) is 18.3 Å². The van der Waals surface area contributed by atoms with Gasteiger partial charge in [0.15, 0.2) is 24.2 Å². The predicted molar refractivity (Wildman–Crippen MR) is 228 cm³/mol. The largest absolute Gasteiger partial charge is 1.00 e. The molecule has 1 saturated heterocycles. The Hall–Kier alpha value is -5.12. The summed E-state index contributed by atoms with van der Waals surface area (Å²) in [6, 6.07) is 15.0. The molecule has 2 amide bonds.